The monoisotopic (exact) mass is 483 g/mol. The Labute approximate surface area is 196 Å². The maximum absolute atomic E-state index is 12.8. The average Bonchev–Trinajstić information content (AvgIpc) is 3.08. The van der Waals surface area contributed by atoms with Crippen molar-refractivity contribution in [2.45, 2.75) is 26.3 Å². The summed E-state index contributed by atoms with van der Waals surface area (Å²) in [5.74, 6) is -2.84. The van der Waals surface area contributed by atoms with Gasteiger partial charge in [0.1, 0.15) is 11.5 Å². The molecule has 9 heteroatoms. The molecule has 0 spiro atoms. The first-order chi connectivity index (χ1) is 15.8. The Morgan fingerprint density at radius 3 is 2.76 bits per heavy atom. The van der Waals surface area contributed by atoms with Crippen LogP contribution in [0.1, 0.15) is 17.5 Å². The van der Waals surface area contributed by atoms with Crippen LogP contribution in [0, 0.1) is 6.92 Å². The molecule has 4 rings (SSSR count). The number of nitrogens with zero attached hydrogens (tertiary/aromatic N) is 3. The summed E-state index contributed by atoms with van der Waals surface area (Å²) in [6.07, 6.45) is 3.32. The van der Waals surface area contributed by atoms with Crippen LogP contribution < -0.4 is 9.70 Å². The van der Waals surface area contributed by atoms with Crippen LogP contribution in [0.15, 0.2) is 60.1 Å². The Morgan fingerprint density at radius 1 is 1.18 bits per heavy atom. The minimum atomic E-state index is -3.97. The van der Waals surface area contributed by atoms with E-state index in [2.05, 4.69) is 11.6 Å². The summed E-state index contributed by atoms with van der Waals surface area (Å²) in [5, 5.41) is 0. The molecule has 2 aromatic carbocycles. The van der Waals surface area contributed by atoms with Crippen molar-refractivity contribution in [3.8, 4) is 0 Å². The van der Waals surface area contributed by atoms with Crippen LogP contribution in [0.3, 0.4) is 0 Å². The van der Waals surface area contributed by atoms with Gasteiger partial charge in [0.15, 0.2) is 14.6 Å². The summed E-state index contributed by atoms with van der Waals surface area (Å²) in [7, 11) is -3.97. The minimum absolute atomic E-state index is 0.409. The minimum Gasteiger partial charge on any atom is -0.313 e. The van der Waals surface area contributed by atoms with Gasteiger partial charge in [-0.3, -0.25) is 9.59 Å². The second-order valence-electron chi connectivity index (χ2n) is 8.07. The number of anilines is 1. The molecule has 0 atom stereocenters. The number of amides is 2. The molecule has 0 bridgehead atoms. The van der Waals surface area contributed by atoms with Crippen molar-refractivity contribution in [1.82, 2.24) is 4.57 Å². The number of aromatic nitrogens is 1. The highest BCUT2D eigenvalue weighted by molar-refractivity contribution is 7.92. The van der Waals surface area contributed by atoms with E-state index in [4.69, 9.17) is 0 Å². The van der Waals surface area contributed by atoms with Gasteiger partial charge in [-0.2, -0.15) is 4.99 Å². The Kier molecular flexibility index (Phi) is 6.62. The van der Waals surface area contributed by atoms with Crippen molar-refractivity contribution in [3.63, 3.8) is 0 Å². The molecule has 1 aliphatic rings. The smallest absolute Gasteiger partial charge is 0.263 e. The SMILES string of the molecule is C=CCn1c(=NC(=O)CS(=O)(=O)CC(=O)N2CCCc3ccccc32)sc2cc(C)ccc21. The van der Waals surface area contributed by atoms with Crippen LogP contribution in [0.4, 0.5) is 5.69 Å². The lowest BCUT2D eigenvalue weighted by Crippen LogP contribution is -2.40. The molecule has 2 amide bonds. The predicted molar refractivity (Wildman–Crippen MR) is 131 cm³/mol. The molecule has 0 saturated carbocycles. The third-order valence-corrected chi connectivity index (χ3v) is 7.88. The quantitative estimate of drug-likeness (QED) is 0.504. The maximum atomic E-state index is 12.8. The second-order valence-corrected chi connectivity index (χ2v) is 11.1. The number of carbonyl (C=O) groups excluding carboxylic acids is 2. The number of fused-ring (bicyclic) bond motifs is 2. The molecule has 3 aromatic rings. The van der Waals surface area contributed by atoms with Crippen LogP contribution in [0.25, 0.3) is 10.2 Å². The highest BCUT2D eigenvalue weighted by Gasteiger charge is 2.28. The van der Waals surface area contributed by atoms with Gasteiger partial charge in [-0.15, -0.1) is 6.58 Å². The van der Waals surface area contributed by atoms with Crippen LogP contribution in [-0.2, 0) is 32.4 Å². The lowest BCUT2D eigenvalue weighted by atomic mass is 10.0. The number of rotatable bonds is 6. The fourth-order valence-electron chi connectivity index (χ4n) is 4.01. The molecule has 0 fully saturated rings. The van der Waals surface area contributed by atoms with Gasteiger partial charge in [-0.05, 0) is 49.1 Å². The van der Waals surface area contributed by atoms with Gasteiger partial charge < -0.3 is 9.47 Å². The summed E-state index contributed by atoms with van der Waals surface area (Å²) in [6, 6.07) is 13.4. The summed E-state index contributed by atoms with van der Waals surface area (Å²) in [5.41, 5.74) is 3.74. The number of carbonyl (C=O) groups is 2. The van der Waals surface area contributed by atoms with E-state index in [0.29, 0.717) is 17.9 Å². The molecule has 2 heterocycles. The zero-order chi connectivity index (χ0) is 23.6. The molecule has 0 aliphatic carbocycles. The number of aryl methyl sites for hydroxylation is 2. The molecular formula is C24H25N3O4S2. The lowest BCUT2D eigenvalue weighted by molar-refractivity contribution is -0.116. The normalized spacial score (nSPS) is 14.3. The van der Waals surface area contributed by atoms with E-state index in [9.17, 15) is 18.0 Å². The van der Waals surface area contributed by atoms with Crippen LogP contribution >= 0.6 is 11.3 Å². The molecule has 0 saturated heterocycles. The van der Waals surface area contributed by atoms with E-state index in [0.717, 1.165) is 39.9 Å². The first-order valence-electron chi connectivity index (χ1n) is 10.6. The van der Waals surface area contributed by atoms with E-state index < -0.39 is 33.2 Å². The third kappa shape index (κ3) is 5.15. The number of benzene rings is 2. The Balaban J connectivity index is 1.54. The average molecular weight is 484 g/mol. The van der Waals surface area contributed by atoms with Crippen molar-refractivity contribution in [3.05, 3.63) is 71.0 Å². The lowest BCUT2D eigenvalue weighted by Gasteiger charge is -2.29. The molecule has 33 heavy (non-hydrogen) atoms. The Morgan fingerprint density at radius 2 is 1.97 bits per heavy atom. The van der Waals surface area contributed by atoms with E-state index in [1.54, 1.807) is 6.08 Å². The van der Waals surface area contributed by atoms with Gasteiger partial charge in [-0.1, -0.05) is 41.7 Å². The summed E-state index contributed by atoms with van der Waals surface area (Å²) < 4.78 is 28.1. The standard InChI is InChI=1S/C24H25N3O4S2/c1-3-12-27-20-11-10-17(2)14-21(20)32-24(27)25-22(28)15-33(30,31)16-23(29)26-13-6-8-18-7-4-5-9-19(18)26/h3-5,7,9-11,14H,1,6,8,12-13,15-16H2,2H3. The first kappa shape index (κ1) is 23.1. The van der Waals surface area contributed by atoms with E-state index in [1.165, 1.54) is 16.2 Å². The van der Waals surface area contributed by atoms with Gasteiger partial charge in [-0.25, -0.2) is 8.42 Å². The highest BCUT2D eigenvalue weighted by Crippen LogP contribution is 2.27. The number of hydrogen-bond donors (Lipinski definition) is 0. The number of para-hydroxylation sites is 1. The highest BCUT2D eigenvalue weighted by atomic mass is 32.2. The molecule has 172 valence electrons. The van der Waals surface area contributed by atoms with Gasteiger partial charge in [0.25, 0.3) is 5.91 Å². The van der Waals surface area contributed by atoms with E-state index in [1.807, 2.05) is 54.0 Å². The summed E-state index contributed by atoms with van der Waals surface area (Å²) >= 11 is 1.32. The zero-order valence-corrected chi connectivity index (χ0v) is 20.0. The number of allylic oxidation sites excluding steroid dienone is 1. The van der Waals surface area contributed by atoms with Gasteiger partial charge in [0.05, 0.1) is 10.2 Å². The van der Waals surface area contributed by atoms with Gasteiger partial charge >= 0.3 is 0 Å². The molecule has 7 nitrogen and oxygen atoms in total. The topological polar surface area (TPSA) is 88.8 Å². The van der Waals surface area contributed by atoms with Crippen LogP contribution in [-0.4, -0.2) is 42.8 Å². The van der Waals surface area contributed by atoms with Crippen molar-refractivity contribution in [2.75, 3.05) is 23.0 Å². The third-order valence-electron chi connectivity index (χ3n) is 5.47. The fraction of sp³-hybridized carbons (Fsp3) is 0.292. The van der Waals surface area contributed by atoms with Crippen molar-refractivity contribution in [1.29, 1.82) is 0 Å². The van der Waals surface area contributed by atoms with Crippen molar-refractivity contribution >= 4 is 48.9 Å². The largest absolute Gasteiger partial charge is 0.313 e. The van der Waals surface area contributed by atoms with E-state index in [-0.39, 0.29) is 0 Å². The number of thiazole rings is 1. The molecule has 0 unspecified atom stereocenters. The Bertz CT molecular complexity index is 1420. The molecule has 0 radical (unpaired) electrons. The van der Waals surface area contributed by atoms with Gasteiger partial charge in [0, 0.05) is 18.8 Å². The molecular weight excluding hydrogens is 458 g/mol. The van der Waals surface area contributed by atoms with Crippen molar-refractivity contribution in [2.24, 2.45) is 4.99 Å². The van der Waals surface area contributed by atoms with E-state index >= 15 is 0 Å². The predicted octanol–water partition coefficient (Wildman–Crippen LogP) is 3.02. The molecule has 1 aliphatic heterocycles. The summed E-state index contributed by atoms with van der Waals surface area (Å²) in [4.78, 5) is 31.4. The van der Waals surface area contributed by atoms with Crippen LogP contribution in [0.2, 0.25) is 0 Å². The summed E-state index contributed by atoms with van der Waals surface area (Å²) in [6.45, 7) is 6.63. The Hall–Kier alpha value is -3.04. The number of hydrogen-bond acceptors (Lipinski definition) is 5. The molecule has 1 aromatic heterocycles. The van der Waals surface area contributed by atoms with Crippen LogP contribution in [0.5, 0.6) is 0 Å². The second kappa shape index (κ2) is 9.44. The number of sulfone groups is 1. The van der Waals surface area contributed by atoms with Crippen molar-refractivity contribution < 1.29 is 18.0 Å². The molecule has 0 N–H and O–H groups in total. The van der Waals surface area contributed by atoms with Gasteiger partial charge in [0.2, 0.25) is 5.91 Å². The maximum Gasteiger partial charge on any atom is 0.263 e. The first-order valence-corrected chi connectivity index (χ1v) is 13.3. The zero-order valence-electron chi connectivity index (χ0n) is 18.4. The fourth-order valence-corrected chi connectivity index (χ4v) is 6.24.